The third-order valence-electron chi connectivity index (χ3n) is 4.29. The van der Waals surface area contributed by atoms with Crippen molar-refractivity contribution >= 4 is 11.6 Å². The summed E-state index contributed by atoms with van der Waals surface area (Å²) in [4.78, 5) is 0. The zero-order valence-corrected chi connectivity index (χ0v) is 16.4. The van der Waals surface area contributed by atoms with E-state index in [9.17, 15) is 0 Å². The monoisotopic (exact) mass is 396 g/mol. The minimum absolute atomic E-state index is 0. The van der Waals surface area contributed by atoms with Crippen molar-refractivity contribution in [2.45, 2.75) is 32.1 Å². The molecule has 1 fully saturated rings. The van der Waals surface area contributed by atoms with E-state index < -0.39 is 0 Å². The van der Waals surface area contributed by atoms with Gasteiger partial charge in [-0.15, -0.1) is 0 Å². The molecule has 1 heterocycles. The van der Waals surface area contributed by atoms with Crippen LogP contribution in [0.2, 0.25) is 5.02 Å². The SMILES string of the molecule is COc1cccc(CNCC2CCCO2)c1OCc1ccc(Cl)cc1.[Cl-]. The van der Waals surface area contributed by atoms with E-state index >= 15 is 0 Å². The summed E-state index contributed by atoms with van der Waals surface area (Å²) in [5, 5.41) is 4.19. The Bertz CT molecular complexity index is 673. The quantitative estimate of drug-likeness (QED) is 0.727. The van der Waals surface area contributed by atoms with Gasteiger partial charge in [-0.2, -0.15) is 0 Å². The Hall–Kier alpha value is -1.46. The summed E-state index contributed by atoms with van der Waals surface area (Å²) in [5.74, 6) is 1.52. The Labute approximate surface area is 166 Å². The Morgan fingerprint density at radius 2 is 2.00 bits per heavy atom. The summed E-state index contributed by atoms with van der Waals surface area (Å²) in [6.45, 7) is 2.91. The Balaban J connectivity index is 0.00000243. The molecule has 0 bridgehead atoms. The molecule has 1 atom stereocenters. The molecule has 0 radical (unpaired) electrons. The van der Waals surface area contributed by atoms with E-state index in [0.717, 1.165) is 53.6 Å². The highest BCUT2D eigenvalue weighted by Gasteiger charge is 2.16. The number of halogens is 2. The second-order valence-corrected chi connectivity index (χ2v) is 6.57. The summed E-state index contributed by atoms with van der Waals surface area (Å²) in [7, 11) is 1.66. The van der Waals surface area contributed by atoms with Gasteiger partial charge in [0.25, 0.3) is 0 Å². The lowest BCUT2D eigenvalue weighted by Crippen LogP contribution is -3.00. The predicted molar refractivity (Wildman–Crippen MR) is 99.5 cm³/mol. The number of hydrogen-bond donors (Lipinski definition) is 1. The Morgan fingerprint density at radius 1 is 1.19 bits per heavy atom. The van der Waals surface area contributed by atoms with E-state index in [4.69, 9.17) is 25.8 Å². The average Bonchev–Trinajstić information content (AvgIpc) is 3.15. The molecule has 0 spiro atoms. The first-order valence-corrected chi connectivity index (χ1v) is 8.99. The molecule has 1 saturated heterocycles. The number of hydrogen-bond acceptors (Lipinski definition) is 4. The third kappa shape index (κ3) is 5.78. The van der Waals surface area contributed by atoms with Crippen LogP contribution in [-0.2, 0) is 17.9 Å². The Kier molecular flexibility index (Phi) is 8.52. The topological polar surface area (TPSA) is 39.7 Å². The number of methoxy groups -OCH3 is 1. The van der Waals surface area contributed by atoms with Gasteiger partial charge in [0.1, 0.15) is 6.61 Å². The maximum absolute atomic E-state index is 6.07. The standard InChI is InChI=1S/C20H24ClNO3.ClH/c1-23-19-6-2-4-16(12-22-13-18-5-3-11-24-18)20(19)25-14-15-7-9-17(21)10-8-15;/h2,4,6-10,18,22H,3,5,11-14H2,1H3;1H/p-1. The highest BCUT2D eigenvalue weighted by molar-refractivity contribution is 6.30. The molecule has 1 unspecified atom stereocenters. The fourth-order valence-corrected chi connectivity index (χ4v) is 3.06. The lowest BCUT2D eigenvalue weighted by molar-refractivity contribution is -0.00000682. The van der Waals surface area contributed by atoms with E-state index in [2.05, 4.69) is 11.4 Å². The van der Waals surface area contributed by atoms with Crippen molar-refractivity contribution in [3.05, 3.63) is 58.6 Å². The zero-order valence-electron chi connectivity index (χ0n) is 14.8. The number of nitrogens with one attached hydrogen (secondary N) is 1. The fourth-order valence-electron chi connectivity index (χ4n) is 2.93. The smallest absolute Gasteiger partial charge is 0.166 e. The van der Waals surface area contributed by atoms with E-state index in [1.165, 1.54) is 0 Å². The molecular weight excluding hydrogens is 373 g/mol. The highest BCUT2D eigenvalue weighted by Crippen LogP contribution is 2.32. The molecule has 2 aromatic rings. The summed E-state index contributed by atoms with van der Waals surface area (Å²) >= 11 is 5.93. The number of ether oxygens (including phenoxy) is 3. The molecule has 0 aliphatic carbocycles. The largest absolute Gasteiger partial charge is 1.00 e. The van der Waals surface area contributed by atoms with Gasteiger partial charge >= 0.3 is 0 Å². The lowest BCUT2D eigenvalue weighted by Gasteiger charge is -2.17. The van der Waals surface area contributed by atoms with Crippen LogP contribution in [0.3, 0.4) is 0 Å². The van der Waals surface area contributed by atoms with Gasteiger partial charge in [-0.25, -0.2) is 0 Å². The molecular formula is C20H24Cl2NO3-. The van der Waals surface area contributed by atoms with Crippen LogP contribution < -0.4 is 27.2 Å². The summed E-state index contributed by atoms with van der Waals surface area (Å²) in [5.41, 5.74) is 2.14. The van der Waals surface area contributed by atoms with Crippen LogP contribution in [0.5, 0.6) is 11.5 Å². The van der Waals surface area contributed by atoms with Crippen molar-refractivity contribution in [3.63, 3.8) is 0 Å². The molecule has 4 nitrogen and oxygen atoms in total. The van der Waals surface area contributed by atoms with Gasteiger partial charge in [-0.05, 0) is 36.6 Å². The van der Waals surface area contributed by atoms with Gasteiger partial charge in [-0.1, -0.05) is 35.9 Å². The van der Waals surface area contributed by atoms with Crippen LogP contribution in [0.1, 0.15) is 24.0 Å². The van der Waals surface area contributed by atoms with E-state index in [1.54, 1.807) is 7.11 Å². The average molecular weight is 397 g/mol. The summed E-state index contributed by atoms with van der Waals surface area (Å²) < 4.78 is 17.2. The van der Waals surface area contributed by atoms with E-state index in [-0.39, 0.29) is 12.4 Å². The normalized spacial score (nSPS) is 16.2. The number of rotatable bonds is 8. The van der Waals surface area contributed by atoms with E-state index in [1.807, 2.05) is 36.4 Å². The van der Waals surface area contributed by atoms with Crippen LogP contribution in [0, 0.1) is 0 Å². The summed E-state index contributed by atoms with van der Waals surface area (Å²) in [6, 6.07) is 13.6. The number of benzene rings is 2. The van der Waals surface area contributed by atoms with Crippen LogP contribution in [-0.4, -0.2) is 26.4 Å². The molecule has 26 heavy (non-hydrogen) atoms. The molecule has 0 amide bonds. The van der Waals surface area contributed by atoms with Crippen molar-refractivity contribution in [2.24, 2.45) is 0 Å². The maximum Gasteiger partial charge on any atom is 0.166 e. The molecule has 142 valence electrons. The van der Waals surface area contributed by atoms with Crippen LogP contribution >= 0.6 is 11.6 Å². The molecule has 6 heteroatoms. The van der Waals surface area contributed by atoms with Crippen molar-refractivity contribution in [1.29, 1.82) is 0 Å². The van der Waals surface area contributed by atoms with Crippen molar-refractivity contribution in [3.8, 4) is 11.5 Å². The molecule has 0 saturated carbocycles. The van der Waals surface area contributed by atoms with Crippen LogP contribution in [0.15, 0.2) is 42.5 Å². The maximum atomic E-state index is 6.07. The van der Waals surface area contributed by atoms with Gasteiger partial charge in [-0.3, -0.25) is 0 Å². The zero-order chi connectivity index (χ0) is 17.5. The second-order valence-electron chi connectivity index (χ2n) is 6.13. The minimum atomic E-state index is 0. The van der Waals surface area contributed by atoms with Crippen molar-refractivity contribution < 1.29 is 26.6 Å². The highest BCUT2D eigenvalue weighted by atomic mass is 35.5. The molecule has 2 aromatic carbocycles. The third-order valence-corrected chi connectivity index (χ3v) is 4.54. The fraction of sp³-hybridized carbons (Fsp3) is 0.400. The molecule has 1 aliphatic heterocycles. The van der Waals surface area contributed by atoms with Gasteiger partial charge in [0.15, 0.2) is 11.5 Å². The molecule has 0 aromatic heterocycles. The van der Waals surface area contributed by atoms with Crippen LogP contribution in [0.25, 0.3) is 0 Å². The number of para-hydroxylation sites is 1. The molecule has 1 N–H and O–H groups in total. The Morgan fingerprint density at radius 3 is 2.69 bits per heavy atom. The predicted octanol–water partition coefficient (Wildman–Crippen LogP) is 1.20. The van der Waals surface area contributed by atoms with Gasteiger partial charge < -0.3 is 31.9 Å². The second kappa shape index (κ2) is 10.6. The molecule has 1 aliphatic rings. The summed E-state index contributed by atoms with van der Waals surface area (Å²) in [6.07, 6.45) is 2.61. The lowest BCUT2D eigenvalue weighted by atomic mass is 10.1. The first-order valence-electron chi connectivity index (χ1n) is 8.61. The first-order chi connectivity index (χ1) is 12.3. The van der Waals surface area contributed by atoms with Gasteiger partial charge in [0.2, 0.25) is 0 Å². The van der Waals surface area contributed by atoms with Gasteiger partial charge in [0, 0.05) is 30.3 Å². The first kappa shape index (κ1) is 20.8. The van der Waals surface area contributed by atoms with Crippen LogP contribution in [0.4, 0.5) is 0 Å². The van der Waals surface area contributed by atoms with Gasteiger partial charge in [0.05, 0.1) is 13.2 Å². The van der Waals surface area contributed by atoms with E-state index in [0.29, 0.717) is 19.3 Å². The van der Waals surface area contributed by atoms with Crippen molar-refractivity contribution in [1.82, 2.24) is 5.32 Å². The van der Waals surface area contributed by atoms with Crippen molar-refractivity contribution in [2.75, 3.05) is 20.3 Å². The molecule has 3 rings (SSSR count). The minimum Gasteiger partial charge on any atom is -1.00 e.